The number of urea groups is 1. The van der Waals surface area contributed by atoms with Gasteiger partial charge in [-0.3, -0.25) is 58.1 Å². The first-order valence-electron chi connectivity index (χ1n) is 37.1. The number of carboxylic acid groups (broad SMARTS) is 1. The van der Waals surface area contributed by atoms with Crippen molar-refractivity contribution in [1.29, 1.82) is 0 Å². The third-order valence-corrected chi connectivity index (χ3v) is 20.4. The van der Waals surface area contributed by atoms with Crippen LogP contribution in [0.2, 0.25) is 0 Å². The Labute approximate surface area is 662 Å². The molecule has 4 aliphatic rings. The van der Waals surface area contributed by atoms with E-state index in [1.165, 1.54) is 32.2 Å². The van der Waals surface area contributed by atoms with Crippen molar-refractivity contribution in [3.05, 3.63) is 98.9 Å². The molecule has 0 radical (unpaired) electrons. The smallest absolute Gasteiger partial charge is 0.336 e. The Balaban J connectivity index is 0.811. The number of primary amides is 1. The standard InChI is InChI=1S/C75H102N16O20S2/c1-43(50-35-59(107-6)60(36-56(50)91(105)106)110-28-13-18-64(94)79-27-29-108-30-31-109-40-67(97)86-54(72(100)81-37-62(77)92)15-9-11-25-78-63(93)17-8-7-16-61-69-55(42-113-61)87-75(104)88-69)84-65(95)38-83-73(101)53(85-66(96)39-82-71(99)52(76)41-112)14-10-12-26-80-70(98)44-19-22-47(51(32-44)74(102)103)68-48-23-20-45(89(2)3)33-57(48)111-58-34-46(90(4)5)21-24-49(58)68/h19-24,32-36,43,52-55,61,69H,7-18,25-31,37-42,76H2,1-6H3,(H14-,77,78,79,80,81,82,83,84,85,86,87,88,92,93,94,95,96,97,98,99,100,101,102,103,104,112)/p+1/t43?,52-,53-,54-,55?,61+,69?/m0/s1. The third-order valence-electron chi connectivity index (χ3n) is 18.5. The highest BCUT2D eigenvalue weighted by Crippen LogP contribution is 2.43. The predicted octanol–water partition coefficient (Wildman–Crippen LogP) is 1.08. The summed E-state index contributed by atoms with van der Waals surface area (Å²) in [6.45, 7) is 0.0122. The third kappa shape index (κ3) is 27.8. The maximum absolute atomic E-state index is 13.8. The summed E-state index contributed by atoms with van der Waals surface area (Å²) in [5.41, 5.74) is 13.4. The van der Waals surface area contributed by atoms with Crippen LogP contribution in [0.15, 0.2) is 71.1 Å². The Bertz CT molecular complexity index is 4270. The van der Waals surface area contributed by atoms with Gasteiger partial charge in [-0.2, -0.15) is 24.4 Å². The lowest BCUT2D eigenvalue weighted by atomic mass is 9.89. The summed E-state index contributed by atoms with van der Waals surface area (Å²) in [4.78, 5) is 167. The molecule has 0 aromatic heterocycles. The number of ether oxygens (including phenoxy) is 4. The number of nitro benzene ring substituents is 1. The van der Waals surface area contributed by atoms with Gasteiger partial charge >= 0.3 is 12.0 Å². The number of rotatable bonds is 48. The molecule has 3 heterocycles. The van der Waals surface area contributed by atoms with Crippen molar-refractivity contribution in [3.63, 3.8) is 0 Å². The highest BCUT2D eigenvalue weighted by molar-refractivity contribution is 8.00. The molecule has 3 aromatic rings. The summed E-state index contributed by atoms with van der Waals surface area (Å²) in [6.07, 6.45) is 4.60. The van der Waals surface area contributed by atoms with Gasteiger partial charge in [-0.05, 0) is 107 Å². The van der Waals surface area contributed by atoms with Crippen LogP contribution in [-0.2, 0) is 52.6 Å². The Morgan fingerprint density at radius 1 is 0.699 bits per heavy atom. The second-order valence-corrected chi connectivity index (χ2v) is 29.0. The number of carbonyl (C=O) groups excluding carboxylic acids is 11. The van der Waals surface area contributed by atoms with Gasteiger partial charge in [0.1, 0.15) is 44.1 Å². The van der Waals surface area contributed by atoms with Crippen molar-refractivity contribution >= 4 is 118 Å². The average Bonchev–Trinajstić information content (AvgIpc) is 1.16. The summed E-state index contributed by atoms with van der Waals surface area (Å²) in [6, 6.07) is 13.9. The SMILES string of the molecule is COc1cc(C(C)NC(=O)CNC(=O)[C@H](CCCCNC(=O)c2ccc(-c3c4ccc(=[N+](C)C)cc-4oc4cc(N(C)C)ccc34)c(C(=O)O)c2)NC(=O)CNC(=O)[C@@H](N)CS)c([N+](=O)[O-])cc1OCCCC(=O)NCCOCCOCC(=O)N[C@@H](CCCCNC(=O)CCCC[C@H]1SCC2NC(=O)NC21)C(=O)NCC(N)=O. The summed E-state index contributed by atoms with van der Waals surface area (Å²) >= 11 is 5.83. The molecule has 3 aromatic carbocycles. The zero-order chi connectivity index (χ0) is 82.3. The van der Waals surface area contributed by atoms with Crippen LogP contribution in [0.25, 0.3) is 33.4 Å². The summed E-state index contributed by atoms with van der Waals surface area (Å²) < 4.78 is 30.6. The number of hydrogen-bond acceptors (Lipinski definition) is 23. The van der Waals surface area contributed by atoms with E-state index >= 15 is 0 Å². The van der Waals surface area contributed by atoms with Gasteiger partial charge in [0.05, 0.1) is 106 Å². The number of carboxylic acids is 1. The summed E-state index contributed by atoms with van der Waals surface area (Å²) in [7, 11) is 8.87. The Hall–Kier alpha value is -10.8. The van der Waals surface area contributed by atoms with Crippen LogP contribution < -0.4 is 94.3 Å². The van der Waals surface area contributed by atoms with Gasteiger partial charge in [-0.1, -0.05) is 12.5 Å². The topological polar surface area (TPSA) is 509 Å². The number of fused-ring (bicyclic) bond motifs is 3. The molecule has 0 saturated carbocycles. The number of thioether (sulfide) groups is 1. The van der Waals surface area contributed by atoms with E-state index in [1.54, 1.807) is 6.07 Å². The molecule has 113 heavy (non-hydrogen) atoms. The Kier molecular flexibility index (Phi) is 35.6. The molecule has 0 spiro atoms. The van der Waals surface area contributed by atoms with Gasteiger partial charge in [0.2, 0.25) is 58.5 Å². The van der Waals surface area contributed by atoms with Crippen molar-refractivity contribution in [3.8, 4) is 33.9 Å². The minimum Gasteiger partial charge on any atom is -0.493 e. The van der Waals surface area contributed by atoms with Crippen molar-refractivity contribution < 1.29 is 90.9 Å². The maximum atomic E-state index is 13.8. The van der Waals surface area contributed by atoms with Crippen molar-refractivity contribution in [2.24, 2.45) is 11.5 Å². The quantitative estimate of drug-likeness (QED) is 0.00493. The van der Waals surface area contributed by atoms with Gasteiger partial charge in [0.15, 0.2) is 11.5 Å². The molecule has 2 fully saturated rings. The number of unbranched alkanes of at least 4 members (excludes halogenated alkanes) is 3. The van der Waals surface area contributed by atoms with Crippen LogP contribution in [0.3, 0.4) is 0 Å². The Morgan fingerprint density at radius 2 is 1.35 bits per heavy atom. The van der Waals surface area contributed by atoms with E-state index in [0.717, 1.165) is 35.7 Å². The van der Waals surface area contributed by atoms with Crippen LogP contribution >= 0.6 is 24.4 Å². The van der Waals surface area contributed by atoms with E-state index in [2.05, 4.69) is 71.1 Å². The molecule has 12 amide bonds. The fraction of sp³-hybridized carbons (Fsp3) is 0.507. The lowest BCUT2D eigenvalue weighted by molar-refractivity contribution is -0.385. The maximum Gasteiger partial charge on any atom is 0.336 e. The number of aromatic carboxylic acids is 1. The van der Waals surface area contributed by atoms with Crippen LogP contribution in [0.5, 0.6) is 11.5 Å². The predicted molar refractivity (Wildman–Crippen MR) is 423 cm³/mol. The van der Waals surface area contributed by atoms with Gasteiger partial charge in [-0.15, -0.1) is 0 Å². The molecule has 2 saturated heterocycles. The first-order chi connectivity index (χ1) is 54.0. The van der Waals surface area contributed by atoms with E-state index in [0.29, 0.717) is 70.9 Å². The van der Waals surface area contributed by atoms with E-state index in [1.807, 2.05) is 85.8 Å². The first-order valence-corrected chi connectivity index (χ1v) is 38.8. The summed E-state index contributed by atoms with van der Waals surface area (Å²) in [5, 5.41) is 54.2. The number of nitrogens with two attached hydrogens (primary N) is 2. The molecular weight excluding hydrogens is 1510 g/mol. The number of benzene rings is 4. The summed E-state index contributed by atoms with van der Waals surface area (Å²) in [5.74, 6) is -5.91. The number of anilines is 1. The van der Waals surface area contributed by atoms with Gasteiger partial charge in [-0.25, -0.2) is 14.2 Å². The lowest BCUT2D eigenvalue weighted by Crippen LogP contribution is -2.52. The van der Waals surface area contributed by atoms with E-state index in [-0.39, 0.29) is 142 Å². The van der Waals surface area contributed by atoms with Crippen molar-refractivity contribution in [2.75, 3.05) is 124 Å². The number of nitro groups is 1. The van der Waals surface area contributed by atoms with Gasteiger partial charge in [0.25, 0.3) is 11.6 Å². The molecule has 3 unspecified atom stereocenters. The van der Waals surface area contributed by atoms with Crippen molar-refractivity contribution in [2.45, 2.75) is 125 Å². The van der Waals surface area contributed by atoms with Crippen LogP contribution in [0, 0.1) is 10.1 Å². The largest absolute Gasteiger partial charge is 0.493 e. The first kappa shape index (κ1) is 89.4. The zero-order valence-electron chi connectivity index (χ0n) is 64.1. The van der Waals surface area contributed by atoms with Crippen LogP contribution in [-0.4, -0.2) is 236 Å². The number of nitrogens with one attached hydrogen (secondary N) is 11. The van der Waals surface area contributed by atoms with Gasteiger partial charge in [0, 0.05) is 103 Å². The molecule has 16 N–H and O–H groups in total. The molecule has 3 aliphatic heterocycles. The number of thiol groups is 1. The number of carbonyl (C=O) groups is 12. The van der Waals surface area contributed by atoms with Crippen LogP contribution in [0.1, 0.15) is 116 Å². The fourth-order valence-electron chi connectivity index (χ4n) is 12.5. The molecule has 7 rings (SSSR count). The van der Waals surface area contributed by atoms with E-state index in [4.69, 9.17) is 34.8 Å². The number of nitrogens with zero attached hydrogens (tertiary/aromatic N) is 3. The van der Waals surface area contributed by atoms with Crippen molar-refractivity contribution in [1.82, 2.24) is 63.1 Å². The lowest BCUT2D eigenvalue weighted by Gasteiger charge is -2.20. The minimum atomic E-state index is -1.28. The second kappa shape index (κ2) is 45.0. The Morgan fingerprint density at radius 3 is 2.01 bits per heavy atom. The van der Waals surface area contributed by atoms with Gasteiger partial charge < -0.3 is 103 Å². The highest BCUT2D eigenvalue weighted by atomic mass is 32.2. The average molecular weight is 1610 g/mol. The number of amides is 12. The number of methoxy groups -OCH3 is 1. The monoisotopic (exact) mass is 1610 g/mol. The molecule has 7 atom stereocenters. The fourth-order valence-corrected chi connectivity index (χ4v) is 14.2. The highest BCUT2D eigenvalue weighted by Gasteiger charge is 2.42. The molecule has 38 heteroatoms. The molecular formula is C75H103N16O20S2+. The van der Waals surface area contributed by atoms with E-state index < -0.39 is 114 Å². The molecule has 614 valence electrons. The number of hydrogen-bond donors (Lipinski definition) is 15. The van der Waals surface area contributed by atoms with Crippen LogP contribution in [0.4, 0.5) is 16.2 Å². The van der Waals surface area contributed by atoms with E-state index in [9.17, 15) is 72.8 Å². The molecule has 0 bridgehead atoms. The zero-order valence-corrected chi connectivity index (χ0v) is 65.8. The minimum absolute atomic E-state index is 0.00207. The second-order valence-electron chi connectivity index (χ2n) is 27.4. The molecule has 36 nitrogen and oxygen atoms in total. The molecule has 1 aliphatic carbocycles. The normalized spacial score (nSPS) is 15.2.